The molecule has 1 N–H and O–H groups in total. The monoisotopic (exact) mass is 465 g/mol. The summed E-state index contributed by atoms with van der Waals surface area (Å²) in [7, 11) is 0. The molecule has 3 aliphatic heterocycles. The molecule has 1 aromatic heterocycles. The molecule has 1 amide bonds. The molecule has 1 atom stereocenters. The number of ether oxygens (including phenoxy) is 3. The summed E-state index contributed by atoms with van der Waals surface area (Å²) in [6.45, 7) is 5.17. The molecule has 2 aromatic rings. The van der Waals surface area contributed by atoms with Crippen molar-refractivity contribution in [1.29, 1.82) is 0 Å². The maximum absolute atomic E-state index is 13.2. The van der Waals surface area contributed by atoms with Gasteiger partial charge in [0.05, 0.1) is 24.8 Å². The lowest BCUT2D eigenvalue weighted by Crippen LogP contribution is -2.39. The summed E-state index contributed by atoms with van der Waals surface area (Å²) in [6, 6.07) is 7.85. The molecule has 3 aliphatic rings. The molecule has 0 radical (unpaired) electrons. The molecule has 0 saturated carbocycles. The van der Waals surface area contributed by atoms with Crippen molar-refractivity contribution in [2.75, 3.05) is 52.6 Å². The van der Waals surface area contributed by atoms with Crippen molar-refractivity contribution < 1.29 is 28.9 Å². The minimum atomic E-state index is -0.716. The summed E-state index contributed by atoms with van der Waals surface area (Å²) >= 11 is 0. The summed E-state index contributed by atoms with van der Waals surface area (Å²) in [5.74, 6) is -0.481. The number of pyridine rings is 1. The third kappa shape index (κ3) is 4.36. The summed E-state index contributed by atoms with van der Waals surface area (Å²) in [4.78, 5) is 34.2. The quantitative estimate of drug-likeness (QED) is 0.393. The van der Waals surface area contributed by atoms with Crippen molar-refractivity contribution in [1.82, 2.24) is 14.8 Å². The molecule has 0 spiro atoms. The SMILES string of the molecule is O=C1C(=O)N(CCCN2CCOCC2)[C@@H](c2cccnc2)/C1=C(\O)c1ccc2c(c1)OCCO2. The topological polar surface area (TPSA) is 101 Å². The van der Waals surface area contributed by atoms with Gasteiger partial charge in [-0.2, -0.15) is 0 Å². The highest BCUT2D eigenvalue weighted by atomic mass is 16.6. The van der Waals surface area contributed by atoms with E-state index in [-0.39, 0.29) is 11.3 Å². The Balaban J connectivity index is 1.46. The van der Waals surface area contributed by atoms with Gasteiger partial charge < -0.3 is 24.2 Å². The molecule has 0 bridgehead atoms. The second-order valence-corrected chi connectivity index (χ2v) is 8.44. The molecule has 9 heteroatoms. The van der Waals surface area contributed by atoms with Crippen molar-refractivity contribution in [2.24, 2.45) is 0 Å². The highest BCUT2D eigenvalue weighted by Gasteiger charge is 2.46. The Hall–Kier alpha value is -3.43. The number of carbonyl (C=O) groups is 2. The van der Waals surface area contributed by atoms with Gasteiger partial charge in [0.15, 0.2) is 11.5 Å². The number of aliphatic hydroxyl groups is 1. The van der Waals surface area contributed by atoms with Crippen molar-refractivity contribution in [3.8, 4) is 11.5 Å². The zero-order chi connectivity index (χ0) is 23.5. The van der Waals surface area contributed by atoms with Crippen LogP contribution in [0.3, 0.4) is 0 Å². The number of aromatic nitrogens is 1. The summed E-state index contributed by atoms with van der Waals surface area (Å²) in [6.07, 6.45) is 3.96. The highest BCUT2D eigenvalue weighted by Crippen LogP contribution is 2.40. The zero-order valence-electron chi connectivity index (χ0n) is 18.8. The number of benzene rings is 1. The first-order valence-electron chi connectivity index (χ1n) is 11.5. The van der Waals surface area contributed by atoms with Crippen LogP contribution in [-0.4, -0.2) is 84.2 Å². The molecule has 5 rings (SSSR count). The van der Waals surface area contributed by atoms with Crippen LogP contribution < -0.4 is 9.47 Å². The fourth-order valence-corrected chi connectivity index (χ4v) is 4.63. The van der Waals surface area contributed by atoms with Crippen molar-refractivity contribution >= 4 is 17.4 Å². The first-order valence-corrected chi connectivity index (χ1v) is 11.5. The number of morpholine rings is 1. The van der Waals surface area contributed by atoms with Crippen molar-refractivity contribution in [2.45, 2.75) is 12.5 Å². The number of likely N-dealkylation sites (tertiary alicyclic amines) is 1. The Bertz CT molecular complexity index is 1100. The Kier molecular flexibility index (Phi) is 6.46. The molecule has 178 valence electrons. The Labute approximate surface area is 197 Å². The number of hydrogen-bond acceptors (Lipinski definition) is 8. The molecule has 34 heavy (non-hydrogen) atoms. The average Bonchev–Trinajstić information content (AvgIpc) is 3.14. The largest absolute Gasteiger partial charge is 0.507 e. The van der Waals surface area contributed by atoms with Gasteiger partial charge in [-0.15, -0.1) is 0 Å². The van der Waals surface area contributed by atoms with Crippen molar-refractivity contribution in [3.63, 3.8) is 0 Å². The third-order valence-electron chi connectivity index (χ3n) is 6.33. The molecule has 9 nitrogen and oxygen atoms in total. The van der Waals surface area contributed by atoms with E-state index in [2.05, 4.69) is 9.88 Å². The number of hydrogen-bond donors (Lipinski definition) is 1. The van der Waals surface area contributed by atoms with Gasteiger partial charge in [-0.25, -0.2) is 0 Å². The van der Waals surface area contributed by atoms with Crippen LogP contribution in [0.5, 0.6) is 11.5 Å². The molecular weight excluding hydrogens is 438 g/mol. The van der Waals surface area contributed by atoms with Crippen LogP contribution in [-0.2, 0) is 14.3 Å². The van der Waals surface area contributed by atoms with Gasteiger partial charge >= 0.3 is 0 Å². The van der Waals surface area contributed by atoms with E-state index in [0.717, 1.165) is 19.6 Å². The van der Waals surface area contributed by atoms with Crippen LogP contribution in [0.4, 0.5) is 0 Å². The van der Waals surface area contributed by atoms with E-state index in [1.165, 1.54) is 0 Å². The number of rotatable bonds is 6. The lowest BCUT2D eigenvalue weighted by molar-refractivity contribution is -0.140. The van der Waals surface area contributed by atoms with Crippen LogP contribution in [0.2, 0.25) is 0 Å². The Morgan fingerprint density at radius 2 is 1.82 bits per heavy atom. The number of aliphatic hydroxyl groups excluding tert-OH is 1. The molecule has 2 saturated heterocycles. The van der Waals surface area contributed by atoms with E-state index in [4.69, 9.17) is 14.2 Å². The predicted molar refractivity (Wildman–Crippen MR) is 123 cm³/mol. The van der Waals surface area contributed by atoms with E-state index in [1.54, 1.807) is 41.6 Å². The second-order valence-electron chi connectivity index (χ2n) is 8.44. The van der Waals surface area contributed by atoms with Gasteiger partial charge in [-0.1, -0.05) is 6.07 Å². The molecule has 0 aliphatic carbocycles. The molecule has 4 heterocycles. The predicted octanol–water partition coefficient (Wildman–Crippen LogP) is 2.00. The standard InChI is InChI=1S/C25H27N3O6/c29-23(17-4-5-19-20(15-17)34-14-13-33-19)21-22(18-3-1-6-26-16-18)28(25(31)24(21)30)8-2-7-27-9-11-32-12-10-27/h1,3-6,15-16,22,29H,2,7-14H2/b23-21+/t22-/m0/s1. The first kappa shape index (κ1) is 22.4. The lowest BCUT2D eigenvalue weighted by atomic mass is 9.96. The van der Waals surface area contributed by atoms with Crippen LogP contribution in [0.25, 0.3) is 5.76 Å². The van der Waals surface area contributed by atoms with Crippen LogP contribution in [0.1, 0.15) is 23.6 Å². The average molecular weight is 466 g/mol. The van der Waals surface area contributed by atoms with Crippen molar-refractivity contribution in [3.05, 3.63) is 59.4 Å². The van der Waals surface area contributed by atoms with Crippen LogP contribution >= 0.6 is 0 Å². The van der Waals surface area contributed by atoms with E-state index in [1.807, 2.05) is 6.07 Å². The maximum Gasteiger partial charge on any atom is 0.295 e. The summed E-state index contributed by atoms with van der Waals surface area (Å²) < 4.78 is 16.6. The third-order valence-corrected chi connectivity index (χ3v) is 6.33. The Morgan fingerprint density at radius 3 is 2.59 bits per heavy atom. The van der Waals surface area contributed by atoms with Gasteiger partial charge in [-0.3, -0.25) is 19.5 Å². The van der Waals surface area contributed by atoms with E-state index in [9.17, 15) is 14.7 Å². The van der Waals surface area contributed by atoms with Gasteiger partial charge in [-0.05, 0) is 36.2 Å². The fraction of sp³-hybridized carbons (Fsp3) is 0.400. The summed E-state index contributed by atoms with van der Waals surface area (Å²) in [5.41, 5.74) is 1.12. The number of fused-ring (bicyclic) bond motifs is 1. The smallest absolute Gasteiger partial charge is 0.295 e. The number of carbonyl (C=O) groups excluding carboxylic acids is 2. The van der Waals surface area contributed by atoms with Crippen LogP contribution in [0, 0.1) is 0 Å². The minimum absolute atomic E-state index is 0.0565. The van der Waals surface area contributed by atoms with Gasteiger partial charge in [0, 0.05) is 44.1 Å². The van der Waals surface area contributed by atoms with E-state index >= 15 is 0 Å². The number of Topliss-reactive ketones (excluding diaryl/α,β-unsaturated/α-hetero) is 1. The number of ketones is 1. The number of nitrogens with zero attached hydrogens (tertiary/aromatic N) is 3. The first-order chi connectivity index (χ1) is 16.6. The Morgan fingerprint density at radius 1 is 1.03 bits per heavy atom. The van der Waals surface area contributed by atoms with E-state index in [0.29, 0.717) is 62.0 Å². The zero-order valence-corrected chi connectivity index (χ0v) is 18.8. The van der Waals surface area contributed by atoms with E-state index < -0.39 is 17.7 Å². The molecular formula is C25H27N3O6. The number of amides is 1. The molecule has 1 aromatic carbocycles. The minimum Gasteiger partial charge on any atom is -0.507 e. The highest BCUT2D eigenvalue weighted by molar-refractivity contribution is 6.46. The summed E-state index contributed by atoms with van der Waals surface area (Å²) in [5, 5.41) is 11.2. The normalized spacial score (nSPS) is 22.2. The fourth-order valence-electron chi connectivity index (χ4n) is 4.63. The van der Waals surface area contributed by atoms with Gasteiger partial charge in [0.25, 0.3) is 11.7 Å². The second kappa shape index (κ2) is 9.82. The van der Waals surface area contributed by atoms with Gasteiger partial charge in [0.2, 0.25) is 0 Å². The van der Waals surface area contributed by atoms with Gasteiger partial charge in [0.1, 0.15) is 19.0 Å². The molecule has 0 unspecified atom stereocenters. The van der Waals surface area contributed by atoms with Crippen LogP contribution in [0.15, 0.2) is 48.3 Å². The maximum atomic E-state index is 13.2. The molecule has 2 fully saturated rings. The lowest BCUT2D eigenvalue weighted by Gasteiger charge is -2.29.